The molecule has 2 saturated heterocycles. The second-order valence-electron chi connectivity index (χ2n) is 6.67. The Balaban J connectivity index is 1.90. The van der Waals surface area contributed by atoms with Crippen LogP contribution in [0.5, 0.6) is 0 Å². The van der Waals surface area contributed by atoms with Crippen LogP contribution in [0.3, 0.4) is 0 Å². The number of fused-ring (bicyclic) bond motifs is 1. The largest absolute Gasteiger partial charge is 0.432 e. The summed E-state index contributed by atoms with van der Waals surface area (Å²) in [5.41, 5.74) is 1.14. The molecule has 0 aliphatic carbocycles. The van der Waals surface area contributed by atoms with Crippen molar-refractivity contribution in [2.45, 2.75) is 58.2 Å². The van der Waals surface area contributed by atoms with Gasteiger partial charge >= 0.3 is 11.7 Å². The van der Waals surface area contributed by atoms with E-state index in [1.807, 2.05) is 0 Å². The number of hydrogen-bond acceptors (Lipinski definition) is 9. The van der Waals surface area contributed by atoms with Gasteiger partial charge in [0.25, 0.3) is 0 Å². The van der Waals surface area contributed by atoms with Crippen LogP contribution < -0.4 is 11.2 Å². The topological polar surface area (TPSA) is 121 Å². The molecule has 1 aromatic heterocycles. The molecule has 138 valence electrons. The van der Waals surface area contributed by atoms with E-state index in [2.05, 4.69) is 4.98 Å². The third kappa shape index (κ3) is 3.38. The number of aromatic nitrogens is 2. The summed E-state index contributed by atoms with van der Waals surface area (Å²) >= 11 is 0. The molecular weight excluding hydrogens is 334 g/mol. The van der Waals surface area contributed by atoms with Crippen molar-refractivity contribution < 1.29 is 28.9 Å². The van der Waals surface area contributed by atoms with Gasteiger partial charge in [0.05, 0.1) is 5.92 Å². The first-order valence-electron chi connectivity index (χ1n) is 7.93. The fraction of sp³-hybridized carbons (Fsp3) is 0.667. The zero-order valence-electron chi connectivity index (χ0n) is 14.3. The minimum atomic E-state index is -1.01. The lowest BCUT2D eigenvalue weighted by molar-refractivity contribution is -0.242. The van der Waals surface area contributed by atoms with Crippen LogP contribution in [-0.2, 0) is 23.7 Å². The predicted octanol–water partition coefficient (Wildman–Crippen LogP) is 0.619. The molecule has 1 aromatic rings. The normalized spacial score (nSPS) is 30.3. The highest BCUT2D eigenvalue weighted by molar-refractivity contribution is 5.71. The maximum atomic E-state index is 12.2. The molecule has 0 amide bonds. The predicted molar refractivity (Wildman–Crippen MR) is 82.6 cm³/mol. The number of carbonyl (C=O) groups is 1. The number of carbonyl (C=O) groups excluding carboxylic acids is 1. The standard InChI is InChI=1S/C15H21N3O7/c1-7(2)12(19)23-13-10-9(24-15(3,4)25-10)11(22-13)18-6-5-8(17-21)16-14(18)20/h5-7,9-11,13,21H,1-4H3,(H,16,17,20)/t9-,10+,11-,13-/m1/s1. The molecule has 0 unspecified atom stereocenters. The summed E-state index contributed by atoms with van der Waals surface area (Å²) in [4.78, 5) is 27.8. The van der Waals surface area contributed by atoms with Gasteiger partial charge in [-0.1, -0.05) is 13.8 Å². The van der Waals surface area contributed by atoms with Gasteiger partial charge in [0.2, 0.25) is 6.29 Å². The van der Waals surface area contributed by atoms with E-state index in [4.69, 9.17) is 24.2 Å². The summed E-state index contributed by atoms with van der Waals surface area (Å²) in [7, 11) is 0. The summed E-state index contributed by atoms with van der Waals surface area (Å²) in [5.74, 6) is -1.69. The third-order valence-corrected chi connectivity index (χ3v) is 3.91. The lowest BCUT2D eigenvalue weighted by Crippen LogP contribution is -2.34. The lowest BCUT2D eigenvalue weighted by atomic mass is 10.2. The molecule has 2 aliphatic heterocycles. The number of anilines is 1. The van der Waals surface area contributed by atoms with Gasteiger partial charge in [-0.2, -0.15) is 4.98 Å². The fourth-order valence-electron chi connectivity index (χ4n) is 2.78. The molecule has 10 nitrogen and oxygen atoms in total. The summed E-state index contributed by atoms with van der Waals surface area (Å²) in [6.07, 6.45) is -1.83. The molecule has 0 bridgehead atoms. The van der Waals surface area contributed by atoms with Crippen molar-refractivity contribution >= 4 is 11.8 Å². The third-order valence-electron chi connectivity index (χ3n) is 3.91. The van der Waals surface area contributed by atoms with Crippen molar-refractivity contribution in [3.05, 3.63) is 22.7 Å². The number of nitrogens with zero attached hydrogens (tertiary/aromatic N) is 2. The van der Waals surface area contributed by atoms with Crippen molar-refractivity contribution in [2.75, 3.05) is 5.48 Å². The average Bonchev–Trinajstić information content (AvgIpc) is 3.01. The van der Waals surface area contributed by atoms with E-state index in [9.17, 15) is 9.59 Å². The van der Waals surface area contributed by atoms with Crippen LogP contribution in [-0.4, -0.2) is 45.0 Å². The highest BCUT2D eigenvalue weighted by Crippen LogP contribution is 2.43. The summed E-state index contributed by atoms with van der Waals surface area (Å²) in [5, 5.41) is 8.84. The minimum absolute atomic E-state index is 0.00232. The first kappa shape index (κ1) is 17.8. The van der Waals surface area contributed by atoms with E-state index in [0.717, 1.165) is 0 Å². The minimum Gasteiger partial charge on any atom is -0.432 e. The number of rotatable bonds is 4. The summed E-state index contributed by atoms with van der Waals surface area (Å²) in [6, 6.07) is 1.40. The van der Waals surface area contributed by atoms with Gasteiger partial charge in [-0.25, -0.2) is 4.79 Å². The summed E-state index contributed by atoms with van der Waals surface area (Å²) in [6.45, 7) is 6.86. The molecule has 2 fully saturated rings. The number of hydrogen-bond donors (Lipinski definition) is 2. The molecular formula is C15H21N3O7. The first-order valence-corrected chi connectivity index (χ1v) is 7.93. The Morgan fingerprint density at radius 1 is 1.40 bits per heavy atom. The molecule has 4 atom stereocenters. The molecule has 0 aromatic carbocycles. The second kappa shape index (κ2) is 6.37. The molecule has 0 radical (unpaired) electrons. The molecule has 10 heteroatoms. The maximum absolute atomic E-state index is 12.2. The smallest absolute Gasteiger partial charge is 0.351 e. The lowest BCUT2D eigenvalue weighted by Gasteiger charge is -2.25. The monoisotopic (exact) mass is 355 g/mol. The van der Waals surface area contributed by atoms with Crippen LogP contribution >= 0.6 is 0 Å². The Hall–Kier alpha value is -2.01. The van der Waals surface area contributed by atoms with Crippen LogP contribution in [0.15, 0.2) is 17.1 Å². The van der Waals surface area contributed by atoms with Gasteiger partial charge in [-0.3, -0.25) is 20.0 Å². The van der Waals surface area contributed by atoms with E-state index in [1.54, 1.807) is 33.2 Å². The Kier molecular flexibility index (Phi) is 4.54. The van der Waals surface area contributed by atoms with E-state index in [-0.39, 0.29) is 11.7 Å². The number of esters is 1. The molecule has 25 heavy (non-hydrogen) atoms. The number of nitrogens with one attached hydrogen (secondary N) is 1. The quantitative estimate of drug-likeness (QED) is 0.591. The van der Waals surface area contributed by atoms with Crippen LogP contribution in [0, 0.1) is 5.92 Å². The van der Waals surface area contributed by atoms with Crippen molar-refractivity contribution in [1.29, 1.82) is 0 Å². The van der Waals surface area contributed by atoms with Gasteiger partial charge in [0.15, 0.2) is 23.9 Å². The van der Waals surface area contributed by atoms with Gasteiger partial charge in [0, 0.05) is 6.20 Å². The molecule has 2 N–H and O–H groups in total. The molecule has 2 aliphatic rings. The van der Waals surface area contributed by atoms with Gasteiger partial charge in [-0.05, 0) is 19.9 Å². The number of ether oxygens (including phenoxy) is 4. The Bertz CT molecular complexity index is 717. The van der Waals surface area contributed by atoms with Crippen LogP contribution in [0.2, 0.25) is 0 Å². The highest BCUT2D eigenvalue weighted by Gasteiger charge is 2.57. The Morgan fingerprint density at radius 3 is 2.68 bits per heavy atom. The Morgan fingerprint density at radius 2 is 2.08 bits per heavy atom. The fourth-order valence-corrected chi connectivity index (χ4v) is 2.78. The molecule has 3 rings (SSSR count). The van der Waals surface area contributed by atoms with E-state index >= 15 is 0 Å². The first-order chi connectivity index (χ1) is 11.7. The molecule has 3 heterocycles. The van der Waals surface area contributed by atoms with Crippen molar-refractivity contribution in [2.24, 2.45) is 5.92 Å². The van der Waals surface area contributed by atoms with Gasteiger partial charge < -0.3 is 18.9 Å². The van der Waals surface area contributed by atoms with Crippen molar-refractivity contribution in [3.63, 3.8) is 0 Å². The zero-order valence-corrected chi connectivity index (χ0v) is 14.3. The van der Waals surface area contributed by atoms with E-state index in [1.165, 1.54) is 16.8 Å². The second-order valence-corrected chi connectivity index (χ2v) is 6.67. The molecule has 0 spiro atoms. The van der Waals surface area contributed by atoms with Crippen LogP contribution in [0.25, 0.3) is 0 Å². The summed E-state index contributed by atoms with van der Waals surface area (Å²) < 4.78 is 23.9. The van der Waals surface area contributed by atoms with Crippen LogP contribution in [0.1, 0.15) is 33.9 Å². The van der Waals surface area contributed by atoms with Crippen molar-refractivity contribution in [1.82, 2.24) is 9.55 Å². The van der Waals surface area contributed by atoms with Crippen molar-refractivity contribution in [3.8, 4) is 0 Å². The van der Waals surface area contributed by atoms with Gasteiger partial charge in [0.1, 0.15) is 6.10 Å². The maximum Gasteiger partial charge on any atom is 0.351 e. The van der Waals surface area contributed by atoms with Crippen LogP contribution in [0.4, 0.5) is 5.82 Å². The zero-order chi connectivity index (χ0) is 18.4. The SMILES string of the molecule is CC(C)C(=O)O[C@H]1O[C@@H](n2ccc(NO)nc2=O)[C@@H]2OC(C)(C)O[C@H]12. The van der Waals surface area contributed by atoms with E-state index in [0.29, 0.717) is 0 Å². The average molecular weight is 355 g/mol. The Labute approximate surface area is 143 Å². The van der Waals surface area contributed by atoms with E-state index < -0.39 is 42.2 Å². The van der Waals surface area contributed by atoms with Gasteiger partial charge in [-0.15, -0.1) is 0 Å². The molecule has 0 saturated carbocycles. The highest BCUT2D eigenvalue weighted by atomic mass is 16.8.